The SMILES string of the molecule is CCCCOC1CCC(c2cc(F)c(C(F)(F)Oc3ccc(-c4ccc(-c5ccc(OCC)c(F)c5)c(F)c4)cc3)c(F)c2)CC1. The summed E-state index contributed by atoms with van der Waals surface area (Å²) in [6.07, 6.45) is 0.619. The molecule has 46 heavy (non-hydrogen) atoms. The first-order chi connectivity index (χ1) is 22.1. The van der Waals surface area contributed by atoms with Crippen LogP contribution in [0.25, 0.3) is 22.3 Å². The molecule has 4 aromatic rings. The summed E-state index contributed by atoms with van der Waals surface area (Å²) in [5, 5.41) is 0. The van der Waals surface area contributed by atoms with Crippen molar-refractivity contribution in [3.63, 3.8) is 0 Å². The van der Waals surface area contributed by atoms with Crippen LogP contribution in [0.5, 0.6) is 11.5 Å². The molecule has 0 spiro atoms. The second kappa shape index (κ2) is 14.6. The molecule has 5 rings (SSSR count). The lowest BCUT2D eigenvalue weighted by atomic mass is 9.82. The zero-order valence-electron chi connectivity index (χ0n) is 25.7. The summed E-state index contributed by atoms with van der Waals surface area (Å²) in [6.45, 7) is 4.78. The number of rotatable bonds is 12. The van der Waals surface area contributed by atoms with E-state index in [9.17, 15) is 4.39 Å². The zero-order valence-corrected chi connectivity index (χ0v) is 25.7. The second-order valence-electron chi connectivity index (χ2n) is 11.5. The zero-order chi connectivity index (χ0) is 32.8. The Hall–Kier alpha value is -3.98. The van der Waals surface area contributed by atoms with Gasteiger partial charge in [-0.05, 0) is 110 Å². The third-order valence-electron chi connectivity index (χ3n) is 8.30. The normalized spacial score (nSPS) is 16.8. The van der Waals surface area contributed by atoms with E-state index < -0.39 is 34.9 Å². The Bertz CT molecular complexity index is 1610. The molecule has 1 aliphatic rings. The van der Waals surface area contributed by atoms with Gasteiger partial charge in [-0.25, -0.2) is 17.6 Å². The fourth-order valence-corrected chi connectivity index (χ4v) is 5.85. The number of unbranched alkanes of at least 4 members (excludes halogenated alkanes) is 1. The molecule has 0 saturated heterocycles. The molecule has 9 heteroatoms. The van der Waals surface area contributed by atoms with Gasteiger partial charge in [0, 0.05) is 12.2 Å². The van der Waals surface area contributed by atoms with Crippen molar-refractivity contribution in [2.24, 2.45) is 0 Å². The standard InChI is InChI=1S/C37H36F6O3/c1-3-5-18-45-28-12-6-24(7-13-28)27-21-33(40)36(34(41)22-27)37(42,43)46-29-14-8-23(9-15-29)25-10-16-30(31(38)19-25)26-11-17-35(44-4-2)32(39)20-26/h8-11,14-17,19-22,24,28H,3-7,12-13,18H2,1-2H3. The lowest BCUT2D eigenvalue weighted by Gasteiger charge is -2.29. The van der Waals surface area contributed by atoms with E-state index in [-0.39, 0.29) is 29.1 Å². The average Bonchev–Trinajstić information content (AvgIpc) is 3.02. The van der Waals surface area contributed by atoms with Crippen LogP contribution in [-0.4, -0.2) is 19.3 Å². The predicted octanol–water partition coefficient (Wildman–Crippen LogP) is 10.9. The maximum Gasteiger partial charge on any atom is 0.432 e. The van der Waals surface area contributed by atoms with Crippen LogP contribution in [0.15, 0.2) is 72.8 Å². The maximum atomic E-state index is 15.1. The number of hydrogen-bond donors (Lipinski definition) is 0. The number of alkyl halides is 2. The van der Waals surface area contributed by atoms with Crippen LogP contribution in [0.1, 0.15) is 69.4 Å². The molecule has 0 unspecified atom stereocenters. The predicted molar refractivity (Wildman–Crippen MR) is 165 cm³/mol. The first-order valence-electron chi connectivity index (χ1n) is 15.6. The average molecular weight is 643 g/mol. The third-order valence-corrected chi connectivity index (χ3v) is 8.30. The second-order valence-corrected chi connectivity index (χ2v) is 11.5. The largest absolute Gasteiger partial charge is 0.491 e. The van der Waals surface area contributed by atoms with E-state index in [1.165, 1.54) is 48.5 Å². The van der Waals surface area contributed by atoms with E-state index in [2.05, 4.69) is 6.92 Å². The molecule has 0 atom stereocenters. The Morgan fingerprint density at radius 1 is 0.696 bits per heavy atom. The highest BCUT2D eigenvalue weighted by Gasteiger charge is 2.41. The highest BCUT2D eigenvalue weighted by atomic mass is 19.3. The first-order valence-corrected chi connectivity index (χ1v) is 15.6. The molecule has 0 aliphatic heterocycles. The van der Waals surface area contributed by atoms with Crippen molar-refractivity contribution in [1.82, 2.24) is 0 Å². The van der Waals surface area contributed by atoms with E-state index in [4.69, 9.17) is 14.2 Å². The highest BCUT2D eigenvalue weighted by Crippen LogP contribution is 2.40. The van der Waals surface area contributed by atoms with Gasteiger partial charge in [0.2, 0.25) is 0 Å². The third kappa shape index (κ3) is 7.69. The molecular formula is C37H36F6O3. The highest BCUT2D eigenvalue weighted by molar-refractivity contribution is 5.71. The molecule has 0 amide bonds. The van der Waals surface area contributed by atoms with Gasteiger partial charge in [-0.2, -0.15) is 8.78 Å². The maximum absolute atomic E-state index is 15.1. The van der Waals surface area contributed by atoms with Crippen molar-refractivity contribution in [1.29, 1.82) is 0 Å². The van der Waals surface area contributed by atoms with Gasteiger partial charge < -0.3 is 14.2 Å². The van der Waals surface area contributed by atoms with E-state index >= 15 is 22.0 Å². The van der Waals surface area contributed by atoms with Gasteiger partial charge in [0.25, 0.3) is 0 Å². The number of hydrogen-bond acceptors (Lipinski definition) is 3. The van der Waals surface area contributed by atoms with Crippen molar-refractivity contribution < 1.29 is 40.6 Å². The van der Waals surface area contributed by atoms with Crippen LogP contribution in [0.2, 0.25) is 0 Å². The van der Waals surface area contributed by atoms with Crippen molar-refractivity contribution in [2.45, 2.75) is 70.5 Å². The van der Waals surface area contributed by atoms with Crippen LogP contribution in [-0.2, 0) is 10.8 Å². The monoisotopic (exact) mass is 642 g/mol. The molecule has 0 aromatic heterocycles. The van der Waals surface area contributed by atoms with Gasteiger partial charge in [-0.3, -0.25) is 0 Å². The minimum atomic E-state index is -4.29. The van der Waals surface area contributed by atoms with Crippen LogP contribution in [0, 0.1) is 23.3 Å². The first kappa shape index (κ1) is 33.4. The fourth-order valence-electron chi connectivity index (χ4n) is 5.85. The fraction of sp³-hybridized carbons (Fsp3) is 0.351. The Kier molecular flexibility index (Phi) is 10.6. The van der Waals surface area contributed by atoms with Gasteiger partial charge in [0.05, 0.1) is 12.7 Å². The Balaban J connectivity index is 1.25. The smallest absolute Gasteiger partial charge is 0.432 e. The molecule has 244 valence electrons. The molecule has 4 aromatic carbocycles. The van der Waals surface area contributed by atoms with Gasteiger partial charge in [0.15, 0.2) is 11.6 Å². The lowest BCUT2D eigenvalue weighted by molar-refractivity contribution is -0.189. The molecule has 1 saturated carbocycles. The van der Waals surface area contributed by atoms with Crippen LogP contribution in [0.3, 0.4) is 0 Å². The van der Waals surface area contributed by atoms with Gasteiger partial charge in [-0.15, -0.1) is 0 Å². The lowest BCUT2D eigenvalue weighted by Crippen LogP contribution is -2.26. The van der Waals surface area contributed by atoms with E-state index in [0.29, 0.717) is 48.3 Å². The summed E-state index contributed by atoms with van der Waals surface area (Å²) in [6, 6.07) is 15.7. The minimum absolute atomic E-state index is 0.0695. The Morgan fingerprint density at radius 3 is 1.93 bits per heavy atom. The molecule has 1 fully saturated rings. The van der Waals surface area contributed by atoms with E-state index in [1.54, 1.807) is 19.1 Å². The molecular weight excluding hydrogens is 606 g/mol. The van der Waals surface area contributed by atoms with Crippen molar-refractivity contribution in [3.8, 4) is 33.8 Å². The van der Waals surface area contributed by atoms with Crippen LogP contribution >= 0.6 is 0 Å². The quantitative estimate of drug-likeness (QED) is 0.114. The van der Waals surface area contributed by atoms with Crippen molar-refractivity contribution in [3.05, 3.63) is 107 Å². The van der Waals surface area contributed by atoms with Gasteiger partial charge in [-0.1, -0.05) is 43.7 Å². The summed E-state index contributed by atoms with van der Waals surface area (Å²) < 4.78 is 105. The summed E-state index contributed by atoms with van der Waals surface area (Å²) in [5.74, 6) is -4.39. The minimum Gasteiger partial charge on any atom is -0.491 e. The summed E-state index contributed by atoms with van der Waals surface area (Å²) >= 11 is 0. The van der Waals surface area contributed by atoms with Crippen molar-refractivity contribution >= 4 is 0 Å². The summed E-state index contributed by atoms with van der Waals surface area (Å²) in [4.78, 5) is 0. The molecule has 3 nitrogen and oxygen atoms in total. The molecule has 0 N–H and O–H groups in total. The molecule has 0 heterocycles. The number of halogens is 6. The topological polar surface area (TPSA) is 27.7 Å². The molecule has 0 radical (unpaired) electrons. The molecule has 1 aliphatic carbocycles. The molecule has 0 bridgehead atoms. The van der Waals surface area contributed by atoms with E-state index in [0.717, 1.165) is 37.8 Å². The number of benzene rings is 4. The van der Waals surface area contributed by atoms with E-state index in [1.807, 2.05) is 0 Å². The van der Waals surface area contributed by atoms with Gasteiger partial charge in [0.1, 0.15) is 28.8 Å². The van der Waals surface area contributed by atoms with Crippen molar-refractivity contribution in [2.75, 3.05) is 13.2 Å². The van der Waals surface area contributed by atoms with Crippen LogP contribution < -0.4 is 9.47 Å². The Morgan fingerprint density at radius 2 is 1.33 bits per heavy atom. The number of ether oxygens (including phenoxy) is 3. The summed E-state index contributed by atoms with van der Waals surface area (Å²) in [5.41, 5.74) is 0.288. The Labute approximate surface area is 265 Å². The van der Waals surface area contributed by atoms with Gasteiger partial charge >= 0.3 is 6.11 Å². The summed E-state index contributed by atoms with van der Waals surface area (Å²) in [7, 11) is 0. The van der Waals surface area contributed by atoms with Crippen LogP contribution in [0.4, 0.5) is 26.3 Å².